The highest BCUT2D eigenvalue weighted by atomic mass is 35.5. The zero-order valence-electron chi connectivity index (χ0n) is 15.1. The molecule has 24 heavy (non-hydrogen) atoms. The van der Waals surface area contributed by atoms with E-state index in [0.717, 1.165) is 25.1 Å². The minimum atomic E-state index is -0.00323. The molecule has 1 aliphatic rings. The first-order chi connectivity index (χ1) is 11.1. The number of nitrogens with one attached hydrogen (secondary N) is 2. The first-order valence-electron chi connectivity index (χ1n) is 8.68. The molecule has 1 atom stereocenters. The lowest BCUT2D eigenvalue weighted by atomic mass is 9.69. The van der Waals surface area contributed by atoms with Crippen LogP contribution in [0.15, 0.2) is 24.3 Å². The number of carbonyl (C=O) groups is 1. The molecule has 1 fully saturated rings. The van der Waals surface area contributed by atoms with Crippen molar-refractivity contribution < 1.29 is 9.53 Å². The number of methoxy groups -OCH3 is 1. The van der Waals surface area contributed by atoms with E-state index in [1.807, 2.05) is 26.1 Å². The number of halogens is 1. The second-order valence-electron chi connectivity index (χ2n) is 6.75. The molecule has 1 amide bonds. The van der Waals surface area contributed by atoms with E-state index in [9.17, 15) is 4.79 Å². The van der Waals surface area contributed by atoms with Gasteiger partial charge in [0.2, 0.25) is 5.91 Å². The van der Waals surface area contributed by atoms with Gasteiger partial charge in [-0.05, 0) is 37.6 Å². The number of rotatable bonds is 7. The van der Waals surface area contributed by atoms with Crippen molar-refractivity contribution in [3.05, 3.63) is 29.8 Å². The molecular weight excluding hydrogens is 324 g/mol. The van der Waals surface area contributed by atoms with E-state index in [1.54, 1.807) is 7.11 Å². The van der Waals surface area contributed by atoms with Crippen LogP contribution in [-0.2, 0) is 10.2 Å². The van der Waals surface area contributed by atoms with Crippen LogP contribution in [0.5, 0.6) is 5.75 Å². The minimum absolute atomic E-state index is 0. The first kappa shape index (κ1) is 20.8. The zero-order valence-corrected chi connectivity index (χ0v) is 15.9. The van der Waals surface area contributed by atoms with Gasteiger partial charge in [0.05, 0.1) is 7.11 Å². The third kappa shape index (κ3) is 5.12. The summed E-state index contributed by atoms with van der Waals surface area (Å²) in [4.78, 5) is 12.3. The molecule has 0 aromatic heterocycles. The van der Waals surface area contributed by atoms with Gasteiger partial charge in [-0.1, -0.05) is 38.3 Å². The van der Waals surface area contributed by atoms with Gasteiger partial charge < -0.3 is 15.4 Å². The van der Waals surface area contributed by atoms with Crippen LogP contribution in [0.3, 0.4) is 0 Å². The molecule has 1 aromatic rings. The Hall–Kier alpha value is -1.26. The summed E-state index contributed by atoms with van der Waals surface area (Å²) in [6, 6.07) is 8.37. The minimum Gasteiger partial charge on any atom is -0.497 e. The Labute approximate surface area is 152 Å². The van der Waals surface area contributed by atoms with Crippen LogP contribution < -0.4 is 15.4 Å². The molecule has 0 bridgehead atoms. The molecule has 5 heteroatoms. The highest BCUT2D eigenvalue weighted by molar-refractivity contribution is 5.85. The number of carbonyl (C=O) groups excluding carboxylic acids is 1. The van der Waals surface area contributed by atoms with E-state index in [-0.39, 0.29) is 29.6 Å². The van der Waals surface area contributed by atoms with Crippen LogP contribution in [0.4, 0.5) is 0 Å². The first-order valence-corrected chi connectivity index (χ1v) is 8.68. The number of benzene rings is 1. The van der Waals surface area contributed by atoms with Gasteiger partial charge in [-0.3, -0.25) is 4.79 Å². The maximum absolute atomic E-state index is 12.3. The fraction of sp³-hybridized carbons (Fsp3) is 0.632. The molecule has 0 saturated heterocycles. The molecule has 1 aliphatic carbocycles. The molecule has 1 unspecified atom stereocenters. The van der Waals surface area contributed by atoms with Crippen molar-refractivity contribution in [1.82, 2.24) is 10.6 Å². The molecule has 1 aromatic carbocycles. The Morgan fingerprint density at radius 1 is 1.21 bits per heavy atom. The van der Waals surface area contributed by atoms with Crippen molar-refractivity contribution in [2.24, 2.45) is 5.92 Å². The molecule has 0 spiro atoms. The summed E-state index contributed by atoms with van der Waals surface area (Å²) in [6.07, 6.45) is 6.03. The molecule has 0 heterocycles. The van der Waals surface area contributed by atoms with Crippen molar-refractivity contribution >= 4 is 18.3 Å². The molecule has 2 rings (SSSR count). The van der Waals surface area contributed by atoms with Crippen LogP contribution in [-0.4, -0.2) is 33.2 Å². The smallest absolute Gasteiger partial charge is 0.224 e. The average molecular weight is 355 g/mol. The average Bonchev–Trinajstić information content (AvgIpc) is 2.60. The van der Waals surface area contributed by atoms with Crippen LogP contribution in [0.1, 0.15) is 44.6 Å². The fourth-order valence-electron chi connectivity index (χ4n) is 3.57. The lowest BCUT2D eigenvalue weighted by Gasteiger charge is -2.38. The molecule has 1 saturated carbocycles. The lowest BCUT2D eigenvalue weighted by Crippen LogP contribution is -2.44. The summed E-state index contributed by atoms with van der Waals surface area (Å²) in [6.45, 7) is 3.40. The van der Waals surface area contributed by atoms with Crippen LogP contribution in [0.25, 0.3) is 0 Å². The van der Waals surface area contributed by atoms with Gasteiger partial charge in [0.15, 0.2) is 0 Å². The maximum atomic E-state index is 12.3. The van der Waals surface area contributed by atoms with Crippen molar-refractivity contribution in [2.45, 2.75) is 44.4 Å². The van der Waals surface area contributed by atoms with Crippen molar-refractivity contribution in [1.29, 1.82) is 0 Å². The van der Waals surface area contributed by atoms with Crippen molar-refractivity contribution in [3.63, 3.8) is 0 Å². The van der Waals surface area contributed by atoms with Gasteiger partial charge in [0.1, 0.15) is 5.75 Å². The Morgan fingerprint density at radius 2 is 1.83 bits per heavy atom. The fourth-order valence-corrected chi connectivity index (χ4v) is 3.57. The quantitative estimate of drug-likeness (QED) is 0.790. The van der Waals surface area contributed by atoms with E-state index in [2.05, 4.69) is 22.8 Å². The molecule has 4 nitrogen and oxygen atoms in total. The highest BCUT2D eigenvalue weighted by Crippen LogP contribution is 2.39. The SMILES string of the molecule is CNCC(C)C(=O)NCC1(c2ccc(OC)cc2)CCCCC1.Cl. The largest absolute Gasteiger partial charge is 0.497 e. The topological polar surface area (TPSA) is 50.4 Å². The third-order valence-corrected chi connectivity index (χ3v) is 5.07. The molecule has 0 aliphatic heterocycles. The monoisotopic (exact) mass is 354 g/mol. The number of hydrogen-bond donors (Lipinski definition) is 2. The van der Waals surface area contributed by atoms with Crippen molar-refractivity contribution in [3.8, 4) is 5.75 Å². The van der Waals surface area contributed by atoms with Crippen LogP contribution in [0.2, 0.25) is 0 Å². The Balaban J connectivity index is 0.00000288. The van der Waals surface area contributed by atoms with Crippen molar-refractivity contribution in [2.75, 3.05) is 27.2 Å². The molecular formula is C19H31ClN2O2. The molecule has 136 valence electrons. The predicted molar refractivity (Wildman–Crippen MR) is 101 cm³/mol. The van der Waals surface area contributed by atoms with E-state index < -0.39 is 0 Å². The Kier molecular flexibility index (Phi) is 8.57. The normalized spacial score (nSPS) is 17.5. The van der Waals surface area contributed by atoms with Crippen LogP contribution in [0, 0.1) is 5.92 Å². The van der Waals surface area contributed by atoms with Gasteiger partial charge in [0.25, 0.3) is 0 Å². The van der Waals surface area contributed by atoms with Gasteiger partial charge >= 0.3 is 0 Å². The van der Waals surface area contributed by atoms with Gasteiger partial charge in [-0.15, -0.1) is 12.4 Å². The maximum Gasteiger partial charge on any atom is 0.224 e. The predicted octanol–water partition coefficient (Wildman–Crippen LogP) is 3.29. The molecule has 2 N–H and O–H groups in total. The summed E-state index contributed by atoms with van der Waals surface area (Å²) < 4.78 is 5.27. The summed E-state index contributed by atoms with van der Waals surface area (Å²) in [7, 11) is 3.57. The van der Waals surface area contributed by atoms with E-state index in [4.69, 9.17) is 4.74 Å². The van der Waals surface area contributed by atoms with E-state index in [0.29, 0.717) is 6.54 Å². The number of ether oxygens (including phenoxy) is 1. The van der Waals surface area contributed by atoms with Crippen LogP contribution >= 0.6 is 12.4 Å². The Morgan fingerprint density at radius 3 is 2.38 bits per heavy atom. The standard InChI is InChI=1S/C19H30N2O2.ClH/c1-15(13-20-2)18(22)21-14-19(11-5-4-6-12-19)16-7-9-17(23-3)10-8-16;/h7-10,15,20H,4-6,11-14H2,1-3H3,(H,21,22);1H. The summed E-state index contributed by atoms with van der Waals surface area (Å²) in [5.74, 6) is 1.01. The van der Waals surface area contributed by atoms with Gasteiger partial charge in [-0.2, -0.15) is 0 Å². The summed E-state index contributed by atoms with van der Waals surface area (Å²) in [5, 5.41) is 6.26. The van der Waals surface area contributed by atoms with E-state index in [1.165, 1.54) is 24.8 Å². The zero-order chi connectivity index (χ0) is 16.7. The summed E-state index contributed by atoms with van der Waals surface area (Å²) >= 11 is 0. The van der Waals surface area contributed by atoms with Gasteiger partial charge in [0, 0.05) is 24.4 Å². The second-order valence-corrected chi connectivity index (χ2v) is 6.75. The second kappa shape index (κ2) is 9.90. The van der Waals surface area contributed by atoms with E-state index >= 15 is 0 Å². The molecule has 0 radical (unpaired) electrons. The number of amides is 1. The third-order valence-electron chi connectivity index (χ3n) is 5.07. The summed E-state index contributed by atoms with van der Waals surface area (Å²) in [5.41, 5.74) is 1.39. The lowest BCUT2D eigenvalue weighted by molar-refractivity contribution is -0.124. The highest BCUT2D eigenvalue weighted by Gasteiger charge is 2.34. The van der Waals surface area contributed by atoms with Gasteiger partial charge in [-0.25, -0.2) is 0 Å². The Bertz CT molecular complexity index is 499. The number of hydrogen-bond acceptors (Lipinski definition) is 3.